The van der Waals surface area contributed by atoms with Crippen molar-refractivity contribution in [1.29, 1.82) is 0 Å². The van der Waals surface area contributed by atoms with Gasteiger partial charge in [0.1, 0.15) is 6.23 Å². The standard InChI is InChI=1S/C11H15NO/c1-9-5-2-3-6-10(9)11-12-7-4-8-13-11/h2-3,5-6,11-12H,4,7-8H2,1H3. The van der Waals surface area contributed by atoms with Gasteiger partial charge in [-0.3, -0.25) is 5.32 Å². The van der Waals surface area contributed by atoms with Crippen LogP contribution in [0.5, 0.6) is 0 Å². The largest absolute Gasteiger partial charge is 0.359 e. The molecule has 0 bridgehead atoms. The Balaban J connectivity index is 2.18. The Kier molecular flexibility index (Phi) is 2.62. The van der Waals surface area contributed by atoms with Crippen LogP contribution in [-0.2, 0) is 4.74 Å². The molecule has 2 heteroatoms. The van der Waals surface area contributed by atoms with Gasteiger partial charge in [-0.05, 0) is 24.5 Å². The molecule has 1 unspecified atom stereocenters. The molecule has 2 nitrogen and oxygen atoms in total. The van der Waals surface area contributed by atoms with Crippen LogP contribution in [0.2, 0.25) is 0 Å². The van der Waals surface area contributed by atoms with E-state index in [9.17, 15) is 0 Å². The normalized spacial score (nSPS) is 23.0. The van der Waals surface area contributed by atoms with E-state index in [0.29, 0.717) is 0 Å². The van der Waals surface area contributed by atoms with Crippen molar-refractivity contribution in [2.45, 2.75) is 19.6 Å². The van der Waals surface area contributed by atoms with Crippen molar-refractivity contribution in [2.75, 3.05) is 13.2 Å². The topological polar surface area (TPSA) is 21.3 Å². The molecule has 1 saturated heterocycles. The van der Waals surface area contributed by atoms with E-state index in [1.54, 1.807) is 0 Å². The number of nitrogens with one attached hydrogen (secondary N) is 1. The molecular formula is C11H15NO. The highest BCUT2D eigenvalue weighted by Gasteiger charge is 2.15. The van der Waals surface area contributed by atoms with Crippen molar-refractivity contribution in [1.82, 2.24) is 5.32 Å². The molecule has 1 N–H and O–H groups in total. The lowest BCUT2D eigenvalue weighted by Crippen LogP contribution is -2.31. The van der Waals surface area contributed by atoms with Gasteiger partial charge >= 0.3 is 0 Å². The molecule has 70 valence electrons. The predicted molar refractivity (Wildman–Crippen MR) is 52.5 cm³/mol. The zero-order valence-corrected chi connectivity index (χ0v) is 7.92. The van der Waals surface area contributed by atoms with Crippen molar-refractivity contribution in [2.24, 2.45) is 0 Å². The third-order valence-electron chi connectivity index (χ3n) is 2.41. The number of hydrogen-bond acceptors (Lipinski definition) is 2. The molecule has 0 spiro atoms. The fraction of sp³-hybridized carbons (Fsp3) is 0.455. The minimum absolute atomic E-state index is 0.106. The Hall–Kier alpha value is -0.860. The van der Waals surface area contributed by atoms with Crippen LogP contribution in [0.1, 0.15) is 23.8 Å². The van der Waals surface area contributed by atoms with Gasteiger partial charge in [0, 0.05) is 6.54 Å². The van der Waals surface area contributed by atoms with Crippen LogP contribution in [0, 0.1) is 6.92 Å². The summed E-state index contributed by atoms with van der Waals surface area (Å²) in [4.78, 5) is 0. The highest BCUT2D eigenvalue weighted by Crippen LogP contribution is 2.20. The fourth-order valence-electron chi connectivity index (χ4n) is 1.65. The van der Waals surface area contributed by atoms with Gasteiger partial charge in [0.25, 0.3) is 0 Å². The second-order valence-electron chi connectivity index (χ2n) is 3.42. The first-order chi connectivity index (χ1) is 6.38. The van der Waals surface area contributed by atoms with Crippen LogP contribution in [-0.4, -0.2) is 13.2 Å². The van der Waals surface area contributed by atoms with Crippen molar-refractivity contribution < 1.29 is 4.74 Å². The average molecular weight is 177 g/mol. The predicted octanol–water partition coefficient (Wildman–Crippen LogP) is 2.00. The van der Waals surface area contributed by atoms with Crippen LogP contribution in [0.3, 0.4) is 0 Å². The zero-order valence-electron chi connectivity index (χ0n) is 7.92. The third-order valence-corrected chi connectivity index (χ3v) is 2.41. The summed E-state index contributed by atoms with van der Waals surface area (Å²) in [6.45, 7) is 4.04. The molecule has 1 aromatic rings. The lowest BCUT2D eigenvalue weighted by atomic mass is 10.1. The summed E-state index contributed by atoms with van der Waals surface area (Å²) in [5.74, 6) is 0. The van der Waals surface area contributed by atoms with E-state index in [1.165, 1.54) is 11.1 Å². The maximum absolute atomic E-state index is 5.63. The minimum atomic E-state index is 0.106. The van der Waals surface area contributed by atoms with Gasteiger partial charge in [0.2, 0.25) is 0 Å². The second-order valence-corrected chi connectivity index (χ2v) is 3.42. The quantitative estimate of drug-likeness (QED) is 0.708. The molecule has 0 amide bonds. The smallest absolute Gasteiger partial charge is 0.134 e. The molecular weight excluding hydrogens is 162 g/mol. The fourth-order valence-corrected chi connectivity index (χ4v) is 1.65. The van der Waals surface area contributed by atoms with Crippen LogP contribution in [0.15, 0.2) is 24.3 Å². The van der Waals surface area contributed by atoms with E-state index < -0.39 is 0 Å². The lowest BCUT2D eigenvalue weighted by Gasteiger charge is -2.25. The number of ether oxygens (including phenoxy) is 1. The van der Waals surface area contributed by atoms with Crippen LogP contribution >= 0.6 is 0 Å². The number of hydrogen-bond donors (Lipinski definition) is 1. The average Bonchev–Trinajstić information content (AvgIpc) is 2.20. The molecule has 0 radical (unpaired) electrons. The summed E-state index contributed by atoms with van der Waals surface area (Å²) >= 11 is 0. The molecule has 1 aromatic carbocycles. The molecule has 0 saturated carbocycles. The van der Waals surface area contributed by atoms with Gasteiger partial charge in [0.05, 0.1) is 6.61 Å². The Bertz CT molecular complexity index is 279. The molecule has 1 aliphatic rings. The van der Waals surface area contributed by atoms with Gasteiger partial charge < -0.3 is 4.74 Å². The van der Waals surface area contributed by atoms with E-state index in [4.69, 9.17) is 4.74 Å². The second kappa shape index (κ2) is 3.90. The molecule has 0 aliphatic carbocycles. The highest BCUT2D eigenvalue weighted by molar-refractivity contribution is 5.27. The SMILES string of the molecule is Cc1ccccc1C1NCCCO1. The van der Waals surface area contributed by atoms with Gasteiger partial charge in [0.15, 0.2) is 0 Å². The van der Waals surface area contributed by atoms with E-state index in [-0.39, 0.29) is 6.23 Å². The van der Waals surface area contributed by atoms with Crippen LogP contribution < -0.4 is 5.32 Å². The molecule has 1 aliphatic heterocycles. The molecule has 1 fully saturated rings. The van der Waals surface area contributed by atoms with E-state index in [2.05, 4.69) is 36.5 Å². The first-order valence-electron chi connectivity index (χ1n) is 4.78. The van der Waals surface area contributed by atoms with Crippen molar-refractivity contribution in [3.8, 4) is 0 Å². The minimum Gasteiger partial charge on any atom is -0.359 e. The van der Waals surface area contributed by atoms with E-state index in [1.807, 2.05) is 0 Å². The molecule has 2 rings (SSSR count). The van der Waals surface area contributed by atoms with Crippen molar-refractivity contribution >= 4 is 0 Å². The summed E-state index contributed by atoms with van der Waals surface area (Å²) in [6.07, 6.45) is 1.22. The maximum atomic E-state index is 5.63. The molecule has 0 aromatic heterocycles. The van der Waals surface area contributed by atoms with E-state index >= 15 is 0 Å². The summed E-state index contributed by atoms with van der Waals surface area (Å²) in [7, 11) is 0. The van der Waals surface area contributed by atoms with Crippen molar-refractivity contribution in [3.05, 3.63) is 35.4 Å². The summed E-state index contributed by atoms with van der Waals surface area (Å²) in [5.41, 5.74) is 2.56. The number of aryl methyl sites for hydroxylation is 1. The summed E-state index contributed by atoms with van der Waals surface area (Å²) in [6, 6.07) is 8.36. The van der Waals surface area contributed by atoms with Gasteiger partial charge in [-0.15, -0.1) is 0 Å². The Morgan fingerprint density at radius 3 is 2.92 bits per heavy atom. The molecule has 13 heavy (non-hydrogen) atoms. The Labute approximate surface area is 78.9 Å². The van der Waals surface area contributed by atoms with Gasteiger partial charge in [-0.1, -0.05) is 24.3 Å². The molecule has 1 heterocycles. The maximum Gasteiger partial charge on any atom is 0.134 e. The summed E-state index contributed by atoms with van der Waals surface area (Å²) in [5, 5.41) is 3.35. The first-order valence-corrected chi connectivity index (χ1v) is 4.78. The lowest BCUT2D eigenvalue weighted by molar-refractivity contribution is -0.000679. The Morgan fingerprint density at radius 1 is 1.38 bits per heavy atom. The first kappa shape index (κ1) is 8.73. The Morgan fingerprint density at radius 2 is 2.23 bits per heavy atom. The molecule has 1 atom stereocenters. The van der Waals surface area contributed by atoms with Crippen molar-refractivity contribution in [3.63, 3.8) is 0 Å². The van der Waals surface area contributed by atoms with Gasteiger partial charge in [-0.2, -0.15) is 0 Å². The number of rotatable bonds is 1. The highest BCUT2D eigenvalue weighted by atomic mass is 16.5. The van der Waals surface area contributed by atoms with E-state index in [0.717, 1.165) is 19.6 Å². The third kappa shape index (κ3) is 1.90. The summed E-state index contributed by atoms with van der Waals surface area (Å²) < 4.78 is 5.63. The monoisotopic (exact) mass is 177 g/mol. The van der Waals surface area contributed by atoms with Gasteiger partial charge in [-0.25, -0.2) is 0 Å². The van der Waals surface area contributed by atoms with Crippen LogP contribution in [0.25, 0.3) is 0 Å². The number of benzene rings is 1. The zero-order chi connectivity index (χ0) is 9.10. The van der Waals surface area contributed by atoms with Crippen LogP contribution in [0.4, 0.5) is 0 Å².